The van der Waals surface area contributed by atoms with Crippen molar-refractivity contribution in [3.05, 3.63) is 64.1 Å². The summed E-state index contributed by atoms with van der Waals surface area (Å²) in [5.74, 6) is 0.159. The number of aryl methyl sites for hydroxylation is 5. The van der Waals surface area contributed by atoms with Crippen LogP contribution >= 0.6 is 11.3 Å². The number of carbonyl (C=O) groups excluding carboxylic acids is 1. The van der Waals surface area contributed by atoms with Crippen molar-refractivity contribution >= 4 is 22.4 Å². The van der Waals surface area contributed by atoms with E-state index in [0.717, 1.165) is 27.5 Å². The third-order valence-electron chi connectivity index (χ3n) is 4.41. The molecule has 0 bridgehead atoms. The topological polar surface area (TPSA) is 98.7 Å². The van der Waals surface area contributed by atoms with Crippen LogP contribution in [0.4, 0.5) is 5.13 Å². The molecule has 0 fully saturated rings. The van der Waals surface area contributed by atoms with Gasteiger partial charge in [-0.05, 0) is 26.8 Å². The van der Waals surface area contributed by atoms with Crippen LogP contribution in [0.3, 0.4) is 0 Å². The van der Waals surface area contributed by atoms with Crippen molar-refractivity contribution < 1.29 is 9.32 Å². The number of hydrogen-bond donors (Lipinski definition) is 1. The van der Waals surface area contributed by atoms with Crippen molar-refractivity contribution in [3.8, 4) is 11.3 Å². The van der Waals surface area contributed by atoms with Gasteiger partial charge in [0.2, 0.25) is 5.13 Å². The molecule has 0 atom stereocenters. The van der Waals surface area contributed by atoms with Crippen molar-refractivity contribution in [1.82, 2.24) is 25.1 Å². The summed E-state index contributed by atoms with van der Waals surface area (Å²) in [5, 5.41) is 20.5. The highest BCUT2D eigenvalue weighted by atomic mass is 32.1. The number of carbonyl (C=O) groups is 1. The van der Waals surface area contributed by atoms with Crippen LogP contribution in [-0.4, -0.2) is 31.0 Å². The quantitative estimate of drug-likeness (QED) is 0.521. The molecule has 0 saturated heterocycles. The minimum absolute atomic E-state index is 0.194. The van der Waals surface area contributed by atoms with E-state index in [4.69, 9.17) is 4.52 Å². The van der Waals surface area contributed by atoms with E-state index in [-0.39, 0.29) is 11.6 Å². The van der Waals surface area contributed by atoms with E-state index in [1.807, 2.05) is 55.8 Å². The van der Waals surface area contributed by atoms with Crippen molar-refractivity contribution in [3.63, 3.8) is 0 Å². The third-order valence-corrected chi connectivity index (χ3v) is 5.31. The number of anilines is 1. The number of rotatable bonds is 6. The molecule has 1 N–H and O–H groups in total. The van der Waals surface area contributed by atoms with E-state index in [9.17, 15) is 4.79 Å². The normalized spacial score (nSPS) is 11.0. The summed E-state index contributed by atoms with van der Waals surface area (Å²) in [6.45, 7) is 6.72. The molecule has 0 aliphatic rings. The fraction of sp³-hybridized carbons (Fsp3) is 0.250. The summed E-state index contributed by atoms with van der Waals surface area (Å²) >= 11 is 1.34. The largest absolute Gasteiger partial charge is 0.355 e. The van der Waals surface area contributed by atoms with Gasteiger partial charge in [-0.25, -0.2) is 0 Å². The zero-order chi connectivity index (χ0) is 20.4. The minimum Gasteiger partial charge on any atom is -0.355 e. The van der Waals surface area contributed by atoms with Crippen LogP contribution in [0.5, 0.6) is 0 Å². The van der Waals surface area contributed by atoms with Crippen molar-refractivity contribution in [2.24, 2.45) is 0 Å². The van der Waals surface area contributed by atoms with E-state index in [1.54, 1.807) is 6.07 Å². The molecule has 0 radical (unpaired) electrons. The van der Waals surface area contributed by atoms with Crippen LogP contribution in [0.25, 0.3) is 11.3 Å². The van der Waals surface area contributed by atoms with Crippen LogP contribution in [0.15, 0.2) is 40.9 Å². The second-order valence-electron chi connectivity index (χ2n) is 6.80. The van der Waals surface area contributed by atoms with E-state index in [0.29, 0.717) is 23.9 Å². The van der Waals surface area contributed by atoms with Gasteiger partial charge in [0.1, 0.15) is 5.01 Å². The molecule has 0 aliphatic carbocycles. The maximum atomic E-state index is 12.4. The molecular formula is C20H20N6O2S. The lowest BCUT2D eigenvalue weighted by Crippen LogP contribution is -2.11. The first-order valence-electron chi connectivity index (χ1n) is 9.16. The van der Waals surface area contributed by atoms with E-state index >= 15 is 0 Å². The average molecular weight is 408 g/mol. The van der Waals surface area contributed by atoms with Gasteiger partial charge < -0.3 is 4.52 Å². The van der Waals surface area contributed by atoms with Gasteiger partial charge in [0.05, 0.1) is 5.69 Å². The molecule has 3 aromatic heterocycles. The van der Waals surface area contributed by atoms with Crippen LogP contribution in [0.2, 0.25) is 0 Å². The number of aromatic nitrogens is 5. The predicted octanol–water partition coefficient (Wildman–Crippen LogP) is 3.81. The van der Waals surface area contributed by atoms with Gasteiger partial charge in [0.25, 0.3) is 5.91 Å². The molecule has 0 spiro atoms. The Kier molecular flexibility index (Phi) is 5.22. The second kappa shape index (κ2) is 7.96. The summed E-state index contributed by atoms with van der Waals surface area (Å²) < 4.78 is 7.24. The monoisotopic (exact) mass is 408 g/mol. The molecule has 0 saturated carbocycles. The van der Waals surface area contributed by atoms with Crippen molar-refractivity contribution in [1.29, 1.82) is 0 Å². The fourth-order valence-electron chi connectivity index (χ4n) is 2.91. The Balaban J connectivity index is 1.38. The zero-order valence-electron chi connectivity index (χ0n) is 16.3. The number of nitrogens with one attached hydrogen (secondary N) is 1. The molecule has 29 heavy (non-hydrogen) atoms. The van der Waals surface area contributed by atoms with Gasteiger partial charge in [-0.3, -0.25) is 14.8 Å². The van der Waals surface area contributed by atoms with Crippen LogP contribution in [0.1, 0.15) is 32.4 Å². The minimum atomic E-state index is -0.381. The van der Waals surface area contributed by atoms with Gasteiger partial charge >= 0.3 is 0 Å². The first-order chi connectivity index (χ1) is 14.0. The lowest BCUT2D eigenvalue weighted by Gasteiger charge is -2.01. The Bertz CT molecular complexity index is 1140. The van der Waals surface area contributed by atoms with Crippen LogP contribution in [-0.2, 0) is 13.0 Å². The molecule has 0 unspecified atom stereocenters. The molecule has 148 valence electrons. The molecule has 0 aliphatic heterocycles. The zero-order valence-corrected chi connectivity index (χ0v) is 17.2. The Labute approximate surface area is 171 Å². The highest BCUT2D eigenvalue weighted by molar-refractivity contribution is 7.15. The Morgan fingerprint density at radius 1 is 1.14 bits per heavy atom. The molecule has 1 amide bonds. The van der Waals surface area contributed by atoms with Gasteiger partial charge in [-0.1, -0.05) is 46.3 Å². The van der Waals surface area contributed by atoms with Gasteiger partial charge in [-0.15, -0.1) is 10.2 Å². The SMILES string of the molecule is Cc1ccc(-c2cc(C(=O)Nc3nnc(CCn4nc(C)cc4C)s3)no2)cc1. The average Bonchev–Trinajstić information content (AvgIpc) is 3.41. The highest BCUT2D eigenvalue weighted by Crippen LogP contribution is 2.22. The van der Waals surface area contributed by atoms with Crippen LogP contribution in [0, 0.1) is 20.8 Å². The first-order valence-corrected chi connectivity index (χ1v) is 9.98. The lowest BCUT2D eigenvalue weighted by molar-refractivity contribution is 0.101. The number of nitrogens with zero attached hydrogens (tertiary/aromatic N) is 5. The van der Waals surface area contributed by atoms with Gasteiger partial charge in [-0.2, -0.15) is 5.10 Å². The maximum absolute atomic E-state index is 12.4. The smallest absolute Gasteiger partial charge is 0.279 e. The summed E-state index contributed by atoms with van der Waals surface area (Å²) in [5.41, 5.74) is 4.31. The first kappa shape index (κ1) is 19.0. The second-order valence-corrected chi connectivity index (χ2v) is 7.86. The van der Waals surface area contributed by atoms with Crippen molar-refractivity contribution in [2.75, 3.05) is 5.32 Å². The Hall–Kier alpha value is -3.33. The summed E-state index contributed by atoms with van der Waals surface area (Å²) in [4.78, 5) is 12.4. The van der Waals surface area contributed by atoms with E-state index in [2.05, 4.69) is 25.8 Å². The van der Waals surface area contributed by atoms with Gasteiger partial charge in [0.15, 0.2) is 11.5 Å². The molecule has 1 aromatic carbocycles. The number of benzene rings is 1. The predicted molar refractivity (Wildman–Crippen MR) is 110 cm³/mol. The van der Waals surface area contributed by atoms with E-state index in [1.165, 1.54) is 11.3 Å². The summed E-state index contributed by atoms with van der Waals surface area (Å²) in [6.07, 6.45) is 0.691. The Morgan fingerprint density at radius 2 is 1.93 bits per heavy atom. The molecule has 4 rings (SSSR count). The summed E-state index contributed by atoms with van der Waals surface area (Å²) in [7, 11) is 0. The number of amides is 1. The molecule has 9 heteroatoms. The van der Waals surface area contributed by atoms with Gasteiger partial charge in [0, 0.05) is 30.3 Å². The fourth-order valence-corrected chi connectivity index (χ4v) is 3.63. The highest BCUT2D eigenvalue weighted by Gasteiger charge is 2.16. The lowest BCUT2D eigenvalue weighted by atomic mass is 10.1. The standard InChI is InChI=1S/C20H20N6O2S/c1-12-4-6-15(7-5-12)17-11-16(25-28-17)19(27)21-20-23-22-18(29-20)8-9-26-14(3)10-13(2)24-26/h4-7,10-11H,8-9H2,1-3H3,(H,21,23,27). The third kappa shape index (κ3) is 4.40. The van der Waals surface area contributed by atoms with Crippen molar-refractivity contribution in [2.45, 2.75) is 33.7 Å². The van der Waals surface area contributed by atoms with E-state index < -0.39 is 0 Å². The maximum Gasteiger partial charge on any atom is 0.279 e. The molecule has 4 aromatic rings. The molecular weight excluding hydrogens is 388 g/mol. The summed E-state index contributed by atoms with van der Waals surface area (Å²) in [6, 6.07) is 11.5. The Morgan fingerprint density at radius 3 is 2.66 bits per heavy atom. The number of hydrogen-bond acceptors (Lipinski definition) is 7. The van der Waals surface area contributed by atoms with Crippen LogP contribution < -0.4 is 5.32 Å². The molecule has 8 nitrogen and oxygen atoms in total. The molecule has 3 heterocycles.